The predicted octanol–water partition coefficient (Wildman–Crippen LogP) is -1.70. The van der Waals surface area contributed by atoms with Crippen molar-refractivity contribution in [2.75, 3.05) is 6.61 Å². The summed E-state index contributed by atoms with van der Waals surface area (Å²) >= 11 is 2.27. The Morgan fingerprint density at radius 1 is 1.54 bits per heavy atom. The summed E-state index contributed by atoms with van der Waals surface area (Å²) in [5.74, 6) is 0.928. The van der Waals surface area contributed by atoms with Crippen molar-refractivity contribution in [3.63, 3.8) is 0 Å². The molecule has 0 fully saturated rings. The van der Waals surface area contributed by atoms with Crippen LogP contribution in [0.2, 0.25) is 0 Å². The lowest BCUT2D eigenvalue weighted by molar-refractivity contribution is -0.417. The molecule has 1 atom stereocenters. The summed E-state index contributed by atoms with van der Waals surface area (Å²) in [7, 11) is 0. The van der Waals surface area contributed by atoms with Crippen LogP contribution in [-0.4, -0.2) is 12.6 Å². The highest BCUT2D eigenvalue weighted by Gasteiger charge is 1.98. The van der Waals surface area contributed by atoms with Crippen molar-refractivity contribution in [2.24, 2.45) is 0 Å². The van der Waals surface area contributed by atoms with Crippen molar-refractivity contribution < 1.29 is 22.9 Å². The maximum Gasteiger partial charge on any atom is 0.139 e. The van der Waals surface area contributed by atoms with Gasteiger partial charge in [0.2, 0.25) is 0 Å². The fourth-order valence-corrected chi connectivity index (χ4v) is 1.31. The molecule has 2 nitrogen and oxygen atoms in total. The van der Waals surface area contributed by atoms with Crippen molar-refractivity contribution in [3.05, 3.63) is 27.8 Å². The first kappa shape index (κ1) is 13.0. The van der Waals surface area contributed by atoms with Crippen LogP contribution in [0.5, 0.6) is 5.75 Å². The first-order valence-electron chi connectivity index (χ1n) is 3.90. The Hall–Kier alpha value is -0.0000000000000000555. The Balaban J connectivity index is 0.00000144. The van der Waals surface area contributed by atoms with E-state index >= 15 is 0 Å². The zero-order valence-electron chi connectivity index (χ0n) is 7.47. The molecule has 0 saturated carbocycles. The third kappa shape index (κ3) is 5.33. The SMILES string of the molecule is CC([NH3+])COc1cccc(I)c1.[Cl-]. The molecule has 1 aromatic rings. The first-order chi connectivity index (χ1) is 5.68. The van der Waals surface area contributed by atoms with Crippen LogP contribution in [-0.2, 0) is 0 Å². The number of ether oxygens (including phenoxy) is 1. The smallest absolute Gasteiger partial charge is 0.139 e. The van der Waals surface area contributed by atoms with Crippen LogP contribution < -0.4 is 22.9 Å². The van der Waals surface area contributed by atoms with Crippen LogP contribution in [0.25, 0.3) is 0 Å². The minimum Gasteiger partial charge on any atom is -1.00 e. The molecule has 1 rings (SSSR count). The molecule has 0 aliphatic heterocycles. The molecule has 0 bridgehead atoms. The van der Waals surface area contributed by atoms with E-state index in [0.717, 1.165) is 5.75 Å². The minimum atomic E-state index is 0. The second-order valence-electron chi connectivity index (χ2n) is 2.87. The monoisotopic (exact) mass is 313 g/mol. The van der Waals surface area contributed by atoms with Gasteiger partial charge in [0.15, 0.2) is 0 Å². The Morgan fingerprint density at radius 2 is 2.23 bits per heavy atom. The molecule has 13 heavy (non-hydrogen) atoms. The molecule has 0 saturated heterocycles. The molecule has 0 amide bonds. The number of hydrogen-bond acceptors (Lipinski definition) is 1. The lowest BCUT2D eigenvalue weighted by Crippen LogP contribution is -3.00. The summed E-state index contributed by atoms with van der Waals surface area (Å²) in [5.41, 5.74) is 3.85. The highest BCUT2D eigenvalue weighted by molar-refractivity contribution is 14.1. The van der Waals surface area contributed by atoms with E-state index in [9.17, 15) is 0 Å². The maximum absolute atomic E-state index is 5.48. The van der Waals surface area contributed by atoms with E-state index in [1.54, 1.807) is 0 Å². The second kappa shape index (κ2) is 6.45. The van der Waals surface area contributed by atoms with Gasteiger partial charge in [0, 0.05) is 3.57 Å². The van der Waals surface area contributed by atoms with Gasteiger partial charge in [-0.25, -0.2) is 0 Å². The van der Waals surface area contributed by atoms with E-state index in [-0.39, 0.29) is 12.4 Å². The van der Waals surface area contributed by atoms with Gasteiger partial charge in [-0.1, -0.05) is 6.07 Å². The average Bonchev–Trinajstić information content (AvgIpc) is 2.01. The fraction of sp³-hybridized carbons (Fsp3) is 0.333. The topological polar surface area (TPSA) is 36.9 Å². The number of halogens is 2. The molecule has 4 heteroatoms. The van der Waals surface area contributed by atoms with E-state index < -0.39 is 0 Å². The van der Waals surface area contributed by atoms with E-state index in [1.165, 1.54) is 3.57 Å². The molecule has 0 aliphatic carbocycles. The summed E-state index contributed by atoms with van der Waals surface area (Å²) < 4.78 is 6.68. The highest BCUT2D eigenvalue weighted by Crippen LogP contribution is 2.14. The molecular formula is C9H13ClINO. The molecule has 1 aromatic carbocycles. The van der Waals surface area contributed by atoms with Gasteiger partial charge in [-0.05, 0) is 47.7 Å². The van der Waals surface area contributed by atoms with Gasteiger partial charge < -0.3 is 22.9 Å². The van der Waals surface area contributed by atoms with Crippen molar-refractivity contribution in [1.82, 2.24) is 0 Å². The summed E-state index contributed by atoms with van der Waals surface area (Å²) in [6.07, 6.45) is 0. The molecule has 0 aromatic heterocycles. The Labute approximate surface area is 98.4 Å². The number of quaternary nitrogens is 1. The third-order valence-electron chi connectivity index (χ3n) is 1.33. The van der Waals surface area contributed by atoms with Crippen molar-refractivity contribution in [2.45, 2.75) is 13.0 Å². The zero-order valence-corrected chi connectivity index (χ0v) is 10.4. The first-order valence-corrected chi connectivity index (χ1v) is 4.98. The lowest BCUT2D eigenvalue weighted by atomic mass is 10.3. The Morgan fingerprint density at radius 3 is 2.77 bits per heavy atom. The third-order valence-corrected chi connectivity index (χ3v) is 2.00. The number of rotatable bonds is 3. The van der Waals surface area contributed by atoms with E-state index in [4.69, 9.17) is 4.74 Å². The average molecular weight is 314 g/mol. The summed E-state index contributed by atoms with van der Waals surface area (Å²) in [4.78, 5) is 0. The van der Waals surface area contributed by atoms with Gasteiger partial charge in [-0.3, -0.25) is 0 Å². The van der Waals surface area contributed by atoms with Crippen LogP contribution in [0.3, 0.4) is 0 Å². The van der Waals surface area contributed by atoms with Gasteiger partial charge >= 0.3 is 0 Å². The van der Waals surface area contributed by atoms with Crippen LogP contribution in [0.15, 0.2) is 24.3 Å². The summed E-state index contributed by atoms with van der Waals surface area (Å²) in [6, 6.07) is 8.35. The van der Waals surface area contributed by atoms with Crippen LogP contribution in [0.1, 0.15) is 6.92 Å². The molecule has 1 unspecified atom stereocenters. The largest absolute Gasteiger partial charge is 1.00 e. The van der Waals surface area contributed by atoms with Crippen LogP contribution in [0.4, 0.5) is 0 Å². The Bertz CT molecular complexity index is 255. The highest BCUT2D eigenvalue weighted by atomic mass is 127. The minimum absolute atomic E-state index is 0. The molecule has 0 heterocycles. The Kier molecular flexibility index (Phi) is 6.45. The predicted molar refractivity (Wildman–Crippen MR) is 57.0 cm³/mol. The van der Waals surface area contributed by atoms with Crippen molar-refractivity contribution >= 4 is 22.6 Å². The lowest BCUT2D eigenvalue weighted by Gasteiger charge is -2.06. The summed E-state index contributed by atoms with van der Waals surface area (Å²) in [6.45, 7) is 2.72. The number of hydrogen-bond donors (Lipinski definition) is 1. The molecule has 0 spiro atoms. The molecule has 74 valence electrons. The normalized spacial score (nSPS) is 11.6. The van der Waals surface area contributed by atoms with Gasteiger partial charge in [-0.2, -0.15) is 0 Å². The summed E-state index contributed by atoms with van der Waals surface area (Å²) in [5, 5.41) is 0. The maximum atomic E-state index is 5.48. The van der Waals surface area contributed by atoms with Crippen LogP contribution in [0, 0.1) is 3.57 Å². The van der Waals surface area contributed by atoms with Gasteiger partial charge in [0.25, 0.3) is 0 Å². The van der Waals surface area contributed by atoms with Crippen LogP contribution >= 0.6 is 22.6 Å². The zero-order chi connectivity index (χ0) is 8.97. The van der Waals surface area contributed by atoms with Gasteiger partial charge in [-0.15, -0.1) is 0 Å². The van der Waals surface area contributed by atoms with E-state index in [2.05, 4.69) is 28.3 Å². The molecule has 3 N–H and O–H groups in total. The van der Waals surface area contributed by atoms with Crippen molar-refractivity contribution in [3.8, 4) is 5.75 Å². The van der Waals surface area contributed by atoms with Crippen molar-refractivity contribution in [1.29, 1.82) is 0 Å². The fourth-order valence-electron chi connectivity index (χ4n) is 0.795. The van der Waals surface area contributed by atoms with E-state index in [1.807, 2.05) is 31.2 Å². The molecule has 0 radical (unpaired) electrons. The number of benzene rings is 1. The van der Waals surface area contributed by atoms with Gasteiger partial charge in [0.1, 0.15) is 18.4 Å². The standard InChI is InChI=1S/C9H12INO.ClH/c1-7(11)6-12-9-4-2-3-8(10)5-9;/h2-5,7H,6,11H2,1H3;1H. The molecular weight excluding hydrogens is 300 g/mol. The molecule has 0 aliphatic rings. The quantitative estimate of drug-likeness (QED) is 0.664. The van der Waals surface area contributed by atoms with Gasteiger partial charge in [0.05, 0.1) is 0 Å². The van der Waals surface area contributed by atoms with E-state index in [0.29, 0.717) is 12.6 Å². The second-order valence-corrected chi connectivity index (χ2v) is 4.12.